The average molecular weight is 237 g/mol. The van der Waals surface area contributed by atoms with Gasteiger partial charge >= 0.3 is 0 Å². The highest BCUT2D eigenvalue weighted by Gasteiger charge is 2.26. The fraction of sp³-hybridized carbons (Fsp3) is 0.636. The molecule has 1 amide bonds. The first kappa shape index (κ1) is 10.2. The fourth-order valence-corrected chi connectivity index (χ4v) is 2.41. The molecule has 16 heavy (non-hydrogen) atoms. The molecular weight excluding hydrogens is 222 g/mol. The van der Waals surface area contributed by atoms with E-state index >= 15 is 0 Å². The van der Waals surface area contributed by atoms with Gasteiger partial charge in [-0.3, -0.25) is 4.79 Å². The van der Waals surface area contributed by atoms with Crippen LogP contribution in [0.2, 0.25) is 0 Å². The number of hydrogen-bond donors (Lipinski definition) is 2. The summed E-state index contributed by atoms with van der Waals surface area (Å²) >= 11 is 1.53. The van der Waals surface area contributed by atoms with E-state index in [0.717, 1.165) is 10.8 Å². The maximum absolute atomic E-state index is 11.5. The van der Waals surface area contributed by atoms with Gasteiger partial charge < -0.3 is 10.6 Å². The number of carbonyl (C=O) groups is 1. The molecule has 2 aliphatic carbocycles. The van der Waals surface area contributed by atoms with Crippen LogP contribution in [-0.4, -0.2) is 23.5 Å². The van der Waals surface area contributed by atoms with Crippen LogP contribution >= 0.6 is 11.3 Å². The average Bonchev–Trinajstić information content (AvgIpc) is 3.17. The van der Waals surface area contributed by atoms with E-state index in [9.17, 15) is 4.79 Å². The Kier molecular flexibility index (Phi) is 2.65. The number of aromatic nitrogens is 1. The number of rotatable bonds is 5. The van der Waals surface area contributed by atoms with E-state index in [1.54, 1.807) is 0 Å². The minimum atomic E-state index is 0.0172. The van der Waals surface area contributed by atoms with Crippen LogP contribution in [0.5, 0.6) is 0 Å². The summed E-state index contributed by atoms with van der Waals surface area (Å²) in [4.78, 5) is 15.9. The quantitative estimate of drug-likeness (QED) is 0.819. The molecule has 0 atom stereocenters. The minimum absolute atomic E-state index is 0.0172. The highest BCUT2D eigenvalue weighted by molar-refractivity contribution is 7.13. The second kappa shape index (κ2) is 4.14. The van der Waals surface area contributed by atoms with Crippen LogP contribution in [0.1, 0.15) is 37.3 Å². The molecule has 4 nitrogen and oxygen atoms in total. The first-order valence-corrected chi connectivity index (χ1v) is 6.68. The van der Waals surface area contributed by atoms with Gasteiger partial charge in [0, 0.05) is 17.3 Å². The Bertz CT molecular complexity index is 396. The molecule has 0 aromatic carbocycles. The molecule has 5 heteroatoms. The van der Waals surface area contributed by atoms with Gasteiger partial charge in [0.2, 0.25) is 5.91 Å². The zero-order valence-electron chi connectivity index (χ0n) is 9.03. The van der Waals surface area contributed by atoms with Gasteiger partial charge in [-0.15, -0.1) is 11.3 Å². The third-order valence-corrected chi connectivity index (χ3v) is 3.67. The Morgan fingerprint density at radius 2 is 2.25 bits per heavy atom. The van der Waals surface area contributed by atoms with Gasteiger partial charge in [-0.1, -0.05) is 0 Å². The van der Waals surface area contributed by atoms with Crippen molar-refractivity contribution in [1.82, 2.24) is 10.3 Å². The van der Waals surface area contributed by atoms with Crippen molar-refractivity contribution in [3.63, 3.8) is 0 Å². The Balaban J connectivity index is 1.49. The summed E-state index contributed by atoms with van der Waals surface area (Å²) in [5, 5.41) is 8.81. The summed E-state index contributed by atoms with van der Waals surface area (Å²) < 4.78 is 0. The number of amides is 1. The molecule has 0 saturated heterocycles. The largest absolute Gasteiger partial charge is 0.306 e. The maximum atomic E-state index is 11.5. The van der Waals surface area contributed by atoms with Gasteiger partial charge in [-0.2, -0.15) is 0 Å². The lowest BCUT2D eigenvalue weighted by atomic mass is 10.3. The van der Waals surface area contributed by atoms with Gasteiger partial charge in [0.25, 0.3) is 0 Å². The molecular formula is C11H15N3OS. The summed E-state index contributed by atoms with van der Waals surface area (Å²) in [5.41, 5.74) is 1.15. The van der Waals surface area contributed by atoms with Crippen LogP contribution in [-0.2, 0) is 4.79 Å². The number of nitrogens with one attached hydrogen (secondary N) is 2. The molecule has 2 fully saturated rings. The normalized spacial score (nSPS) is 19.8. The Hall–Kier alpha value is -0.940. The minimum Gasteiger partial charge on any atom is -0.306 e. The second-order valence-electron chi connectivity index (χ2n) is 4.56. The summed E-state index contributed by atoms with van der Waals surface area (Å²) in [6.07, 6.45) is 4.91. The molecule has 1 aromatic rings. The monoisotopic (exact) mass is 237 g/mol. The molecule has 1 heterocycles. The SMILES string of the molecule is O=C(CNC1CC1)Nc1nc(C2CC2)cs1. The molecule has 0 unspecified atom stereocenters. The molecule has 2 aliphatic rings. The van der Waals surface area contributed by atoms with Crippen LogP contribution in [0, 0.1) is 0 Å². The number of nitrogens with zero attached hydrogens (tertiary/aromatic N) is 1. The lowest BCUT2D eigenvalue weighted by Gasteiger charge is -2.02. The van der Waals surface area contributed by atoms with Crippen molar-refractivity contribution < 1.29 is 4.79 Å². The Morgan fingerprint density at radius 3 is 2.94 bits per heavy atom. The second-order valence-corrected chi connectivity index (χ2v) is 5.41. The van der Waals surface area contributed by atoms with Crippen LogP contribution in [0.3, 0.4) is 0 Å². The van der Waals surface area contributed by atoms with Crippen molar-refractivity contribution in [2.75, 3.05) is 11.9 Å². The predicted octanol–water partition coefficient (Wildman–Crippen LogP) is 1.71. The van der Waals surface area contributed by atoms with Crippen molar-refractivity contribution in [1.29, 1.82) is 0 Å². The van der Waals surface area contributed by atoms with Crippen LogP contribution in [0.25, 0.3) is 0 Å². The third-order valence-electron chi connectivity index (χ3n) is 2.89. The summed E-state index contributed by atoms with van der Waals surface area (Å²) in [6.45, 7) is 0.406. The topological polar surface area (TPSA) is 54.0 Å². The van der Waals surface area contributed by atoms with Crippen molar-refractivity contribution >= 4 is 22.4 Å². The summed E-state index contributed by atoms with van der Waals surface area (Å²) in [5.74, 6) is 0.676. The number of thiazole rings is 1. The van der Waals surface area contributed by atoms with E-state index in [-0.39, 0.29) is 5.91 Å². The molecule has 0 bridgehead atoms. The van der Waals surface area contributed by atoms with Crippen molar-refractivity contribution in [2.45, 2.75) is 37.6 Å². The van der Waals surface area contributed by atoms with Gasteiger partial charge in [-0.25, -0.2) is 4.98 Å². The highest BCUT2D eigenvalue weighted by atomic mass is 32.1. The molecule has 3 rings (SSSR count). The molecule has 0 spiro atoms. The van der Waals surface area contributed by atoms with Gasteiger partial charge in [0.05, 0.1) is 12.2 Å². The van der Waals surface area contributed by atoms with Crippen LogP contribution in [0.15, 0.2) is 5.38 Å². The van der Waals surface area contributed by atoms with Gasteiger partial charge in [0.15, 0.2) is 5.13 Å². The molecule has 2 N–H and O–H groups in total. The Morgan fingerprint density at radius 1 is 1.44 bits per heavy atom. The number of hydrogen-bond acceptors (Lipinski definition) is 4. The Labute approximate surface area is 98.5 Å². The first-order valence-electron chi connectivity index (χ1n) is 5.80. The van der Waals surface area contributed by atoms with Gasteiger partial charge in [-0.05, 0) is 25.7 Å². The lowest BCUT2D eigenvalue weighted by Crippen LogP contribution is -2.29. The number of carbonyl (C=O) groups excluding carboxylic acids is 1. The first-order chi connectivity index (χ1) is 7.81. The molecule has 1 aromatic heterocycles. The fourth-order valence-electron chi connectivity index (χ4n) is 1.60. The molecule has 0 radical (unpaired) electrons. The number of anilines is 1. The molecule has 2 saturated carbocycles. The van der Waals surface area contributed by atoms with E-state index in [0.29, 0.717) is 18.5 Å². The zero-order valence-corrected chi connectivity index (χ0v) is 9.85. The van der Waals surface area contributed by atoms with E-state index in [1.165, 1.54) is 37.0 Å². The van der Waals surface area contributed by atoms with E-state index in [4.69, 9.17) is 0 Å². The highest BCUT2D eigenvalue weighted by Crippen LogP contribution is 2.40. The molecule has 86 valence electrons. The van der Waals surface area contributed by atoms with E-state index < -0.39 is 0 Å². The third kappa shape index (κ3) is 2.59. The van der Waals surface area contributed by atoms with Crippen molar-refractivity contribution in [3.05, 3.63) is 11.1 Å². The lowest BCUT2D eigenvalue weighted by molar-refractivity contribution is -0.115. The maximum Gasteiger partial charge on any atom is 0.240 e. The van der Waals surface area contributed by atoms with E-state index in [1.807, 2.05) is 0 Å². The molecule has 0 aliphatic heterocycles. The smallest absolute Gasteiger partial charge is 0.240 e. The standard InChI is InChI=1S/C11H15N3OS/c15-10(5-12-8-3-4-8)14-11-13-9(6-16-11)7-1-2-7/h6-8,12H,1-5H2,(H,13,14,15). The van der Waals surface area contributed by atoms with Crippen LogP contribution < -0.4 is 10.6 Å². The van der Waals surface area contributed by atoms with E-state index in [2.05, 4.69) is 21.0 Å². The summed E-state index contributed by atoms with van der Waals surface area (Å²) in [7, 11) is 0. The van der Waals surface area contributed by atoms with Crippen molar-refractivity contribution in [3.8, 4) is 0 Å². The zero-order chi connectivity index (χ0) is 11.0. The summed E-state index contributed by atoms with van der Waals surface area (Å²) in [6, 6.07) is 0.573. The van der Waals surface area contributed by atoms with Crippen LogP contribution in [0.4, 0.5) is 5.13 Å². The van der Waals surface area contributed by atoms with Crippen molar-refractivity contribution in [2.24, 2.45) is 0 Å². The predicted molar refractivity (Wildman–Crippen MR) is 63.7 cm³/mol. The van der Waals surface area contributed by atoms with Gasteiger partial charge in [0.1, 0.15) is 0 Å².